The van der Waals surface area contributed by atoms with Crippen LogP contribution in [0.5, 0.6) is 0 Å². The zero-order valence-electron chi connectivity index (χ0n) is 14.7. The van der Waals surface area contributed by atoms with Gasteiger partial charge in [-0.15, -0.1) is 11.8 Å². The highest BCUT2D eigenvalue weighted by Gasteiger charge is 2.41. The van der Waals surface area contributed by atoms with Crippen LogP contribution in [0, 0.1) is 11.8 Å². The van der Waals surface area contributed by atoms with Gasteiger partial charge in [0, 0.05) is 37.5 Å². The number of anilines is 1. The summed E-state index contributed by atoms with van der Waals surface area (Å²) in [5.74, 6) is 1.68. The molecule has 3 heterocycles. The van der Waals surface area contributed by atoms with Crippen molar-refractivity contribution in [2.24, 2.45) is 11.8 Å². The molecule has 5 nitrogen and oxygen atoms in total. The number of hydrogen-bond donors (Lipinski definition) is 0. The molecule has 0 spiro atoms. The molecule has 1 atom stereocenters. The summed E-state index contributed by atoms with van der Waals surface area (Å²) in [4.78, 5) is 33.9. The van der Waals surface area contributed by atoms with Crippen LogP contribution < -0.4 is 4.90 Å². The molecule has 0 radical (unpaired) electrons. The van der Waals surface area contributed by atoms with E-state index in [1.807, 2.05) is 21.9 Å². The molecule has 6 heteroatoms. The molecule has 2 amide bonds. The maximum atomic E-state index is 13.1. The maximum Gasteiger partial charge on any atom is 0.232 e. The lowest BCUT2D eigenvalue weighted by Crippen LogP contribution is -2.42. The van der Waals surface area contributed by atoms with Crippen LogP contribution in [-0.2, 0) is 9.59 Å². The number of carbonyl (C=O) groups is 2. The van der Waals surface area contributed by atoms with E-state index in [2.05, 4.69) is 11.9 Å². The SMILES string of the molecule is CC1CCC(N2CC(C(=O)N3CCSc4ncccc43)CC2=O)CC1. The first-order valence-electron chi connectivity index (χ1n) is 9.32. The number of likely N-dealkylation sites (tertiary alicyclic amines) is 1. The third-order valence-electron chi connectivity index (χ3n) is 5.80. The van der Waals surface area contributed by atoms with Crippen molar-refractivity contribution >= 4 is 29.3 Å². The first-order valence-corrected chi connectivity index (χ1v) is 10.3. The molecule has 1 aromatic rings. The Hall–Kier alpha value is -1.56. The van der Waals surface area contributed by atoms with Gasteiger partial charge in [-0.05, 0) is 43.7 Å². The molecule has 1 aliphatic carbocycles. The Bertz CT molecular complexity index is 672. The van der Waals surface area contributed by atoms with Crippen LogP contribution in [-0.4, -0.2) is 46.6 Å². The molecule has 3 aliphatic rings. The zero-order chi connectivity index (χ0) is 17.4. The van der Waals surface area contributed by atoms with Crippen molar-refractivity contribution in [1.29, 1.82) is 0 Å². The summed E-state index contributed by atoms with van der Waals surface area (Å²) in [6.45, 7) is 3.58. The maximum absolute atomic E-state index is 13.1. The number of carbonyl (C=O) groups excluding carboxylic acids is 2. The van der Waals surface area contributed by atoms with Crippen molar-refractivity contribution in [3.63, 3.8) is 0 Å². The Labute approximate surface area is 153 Å². The highest BCUT2D eigenvalue weighted by atomic mass is 32.2. The van der Waals surface area contributed by atoms with Gasteiger partial charge < -0.3 is 9.80 Å². The number of nitrogens with zero attached hydrogens (tertiary/aromatic N) is 3. The summed E-state index contributed by atoms with van der Waals surface area (Å²) in [6.07, 6.45) is 6.68. The van der Waals surface area contributed by atoms with Gasteiger partial charge in [0.25, 0.3) is 0 Å². The van der Waals surface area contributed by atoms with Gasteiger partial charge in [0.05, 0.1) is 11.6 Å². The van der Waals surface area contributed by atoms with Gasteiger partial charge in [-0.2, -0.15) is 0 Å². The van der Waals surface area contributed by atoms with E-state index in [0.717, 1.165) is 35.2 Å². The molecule has 1 saturated carbocycles. The monoisotopic (exact) mass is 359 g/mol. The molecule has 1 saturated heterocycles. The van der Waals surface area contributed by atoms with Gasteiger partial charge >= 0.3 is 0 Å². The lowest BCUT2D eigenvalue weighted by atomic mass is 9.86. The van der Waals surface area contributed by atoms with Gasteiger partial charge in [-0.25, -0.2) is 4.98 Å². The van der Waals surface area contributed by atoms with Gasteiger partial charge in [0.1, 0.15) is 5.03 Å². The van der Waals surface area contributed by atoms with E-state index in [-0.39, 0.29) is 17.7 Å². The number of aromatic nitrogens is 1. The van der Waals surface area contributed by atoms with Gasteiger partial charge in [0.15, 0.2) is 0 Å². The van der Waals surface area contributed by atoms with Crippen LogP contribution in [0.25, 0.3) is 0 Å². The molecule has 25 heavy (non-hydrogen) atoms. The fourth-order valence-corrected chi connectivity index (χ4v) is 5.24. The van der Waals surface area contributed by atoms with Gasteiger partial charge in [0.2, 0.25) is 11.8 Å². The van der Waals surface area contributed by atoms with E-state index in [0.29, 0.717) is 25.6 Å². The Kier molecular flexibility index (Phi) is 4.71. The Morgan fingerprint density at radius 2 is 2.08 bits per heavy atom. The lowest BCUT2D eigenvalue weighted by Gasteiger charge is -2.34. The number of fused-ring (bicyclic) bond motifs is 1. The summed E-state index contributed by atoms with van der Waals surface area (Å²) >= 11 is 1.69. The van der Waals surface area contributed by atoms with Crippen molar-refractivity contribution in [3.8, 4) is 0 Å². The van der Waals surface area contributed by atoms with E-state index in [4.69, 9.17) is 0 Å². The summed E-state index contributed by atoms with van der Waals surface area (Å²) in [6, 6.07) is 4.18. The van der Waals surface area contributed by atoms with E-state index < -0.39 is 0 Å². The second kappa shape index (κ2) is 6.98. The molecule has 4 rings (SSSR count). The summed E-state index contributed by atoms with van der Waals surface area (Å²) in [5, 5.41) is 0.921. The molecule has 134 valence electrons. The molecular formula is C19H25N3O2S. The standard InChI is InChI=1S/C19H25N3O2S/c1-13-4-6-15(7-5-13)22-12-14(11-17(22)23)19(24)21-9-10-25-18-16(21)3-2-8-20-18/h2-3,8,13-15H,4-7,9-12H2,1H3. The van der Waals surface area contributed by atoms with Crippen LogP contribution in [0.2, 0.25) is 0 Å². The molecule has 1 aromatic heterocycles. The Morgan fingerprint density at radius 3 is 2.88 bits per heavy atom. The predicted octanol–water partition coefficient (Wildman–Crippen LogP) is 2.95. The fourth-order valence-electron chi connectivity index (χ4n) is 4.31. The zero-order valence-corrected chi connectivity index (χ0v) is 15.5. The van der Waals surface area contributed by atoms with Crippen LogP contribution in [0.3, 0.4) is 0 Å². The topological polar surface area (TPSA) is 53.5 Å². The molecule has 0 aromatic carbocycles. The van der Waals surface area contributed by atoms with E-state index >= 15 is 0 Å². The molecule has 1 unspecified atom stereocenters. The minimum absolute atomic E-state index is 0.0922. The predicted molar refractivity (Wildman–Crippen MR) is 98.6 cm³/mol. The third kappa shape index (κ3) is 3.28. The van der Waals surface area contributed by atoms with E-state index in [1.165, 1.54) is 12.8 Å². The minimum atomic E-state index is -0.206. The van der Waals surface area contributed by atoms with Crippen LogP contribution in [0.15, 0.2) is 23.4 Å². The van der Waals surface area contributed by atoms with E-state index in [9.17, 15) is 9.59 Å². The molecule has 0 bridgehead atoms. The number of thioether (sulfide) groups is 1. The third-order valence-corrected chi connectivity index (χ3v) is 6.77. The average Bonchev–Trinajstić information content (AvgIpc) is 3.03. The Morgan fingerprint density at radius 1 is 1.28 bits per heavy atom. The first-order chi connectivity index (χ1) is 12.1. The fraction of sp³-hybridized carbons (Fsp3) is 0.632. The second-order valence-electron chi connectivity index (χ2n) is 7.53. The van der Waals surface area contributed by atoms with Gasteiger partial charge in [-0.3, -0.25) is 9.59 Å². The summed E-state index contributed by atoms with van der Waals surface area (Å²) < 4.78 is 0. The first kappa shape index (κ1) is 16.9. The highest BCUT2D eigenvalue weighted by Crippen LogP contribution is 2.36. The largest absolute Gasteiger partial charge is 0.339 e. The number of rotatable bonds is 2. The molecule has 0 N–H and O–H groups in total. The normalized spacial score (nSPS) is 29.6. The lowest BCUT2D eigenvalue weighted by molar-refractivity contribution is -0.130. The van der Waals surface area contributed by atoms with Crippen molar-refractivity contribution in [2.75, 3.05) is 23.7 Å². The smallest absolute Gasteiger partial charge is 0.232 e. The van der Waals surface area contributed by atoms with Crippen molar-refractivity contribution in [1.82, 2.24) is 9.88 Å². The highest BCUT2D eigenvalue weighted by molar-refractivity contribution is 7.99. The van der Waals surface area contributed by atoms with Crippen LogP contribution in [0.1, 0.15) is 39.0 Å². The minimum Gasteiger partial charge on any atom is -0.339 e. The number of amides is 2. The summed E-state index contributed by atoms with van der Waals surface area (Å²) in [5.41, 5.74) is 0.904. The van der Waals surface area contributed by atoms with Crippen LogP contribution in [0.4, 0.5) is 5.69 Å². The number of pyridine rings is 1. The van der Waals surface area contributed by atoms with Crippen molar-refractivity contribution in [2.45, 2.75) is 50.1 Å². The summed E-state index contributed by atoms with van der Waals surface area (Å²) in [7, 11) is 0. The number of hydrogen-bond acceptors (Lipinski definition) is 4. The van der Waals surface area contributed by atoms with Crippen LogP contribution >= 0.6 is 11.8 Å². The molecular weight excluding hydrogens is 334 g/mol. The molecule has 2 aliphatic heterocycles. The second-order valence-corrected chi connectivity index (χ2v) is 8.61. The Balaban J connectivity index is 1.46. The average molecular weight is 359 g/mol. The van der Waals surface area contributed by atoms with Gasteiger partial charge in [-0.1, -0.05) is 6.92 Å². The van der Waals surface area contributed by atoms with Crippen molar-refractivity contribution in [3.05, 3.63) is 18.3 Å². The quantitative estimate of drug-likeness (QED) is 0.815. The molecule has 2 fully saturated rings. The van der Waals surface area contributed by atoms with E-state index in [1.54, 1.807) is 18.0 Å². The van der Waals surface area contributed by atoms with Crippen molar-refractivity contribution < 1.29 is 9.59 Å².